The van der Waals surface area contributed by atoms with Crippen molar-refractivity contribution in [2.45, 2.75) is 32.8 Å². The van der Waals surface area contributed by atoms with Gasteiger partial charge in [0, 0.05) is 5.41 Å². The monoisotopic (exact) mass is 403 g/mol. The Balaban J connectivity index is 1.48. The highest BCUT2D eigenvalue weighted by atomic mass is 19.1. The van der Waals surface area contributed by atoms with Crippen LogP contribution < -0.4 is 4.74 Å². The highest BCUT2D eigenvalue weighted by Gasteiger charge is 2.23. The molecule has 0 aliphatic heterocycles. The molecular weight excluding hydrogens is 381 g/mol. The van der Waals surface area contributed by atoms with Crippen molar-refractivity contribution in [3.05, 3.63) is 95.5 Å². The Bertz CT molecular complexity index is 1120. The largest absolute Gasteiger partial charge is 0.487 e. The quantitative estimate of drug-likeness (QED) is 0.477. The number of halogens is 1. The maximum Gasteiger partial charge on any atom is 0.213 e. The van der Waals surface area contributed by atoms with Gasteiger partial charge in [-0.05, 0) is 30.2 Å². The summed E-state index contributed by atoms with van der Waals surface area (Å²) in [5.41, 5.74) is 3.64. The molecule has 0 fully saturated rings. The number of benzene rings is 2. The Labute approximate surface area is 174 Å². The van der Waals surface area contributed by atoms with Crippen LogP contribution in [-0.4, -0.2) is 25.0 Å². The van der Waals surface area contributed by atoms with Gasteiger partial charge < -0.3 is 4.74 Å². The number of hydrogen-bond acceptors (Lipinski definition) is 5. The van der Waals surface area contributed by atoms with Gasteiger partial charge in [-0.3, -0.25) is 0 Å². The molecule has 2 aromatic heterocycles. The molecule has 4 rings (SSSR count). The van der Waals surface area contributed by atoms with Crippen LogP contribution in [0.2, 0.25) is 0 Å². The molecule has 152 valence electrons. The fourth-order valence-electron chi connectivity index (χ4n) is 3.22. The molecule has 0 saturated carbocycles. The van der Waals surface area contributed by atoms with Gasteiger partial charge in [0.2, 0.25) is 5.82 Å². The van der Waals surface area contributed by atoms with E-state index in [0.29, 0.717) is 5.75 Å². The van der Waals surface area contributed by atoms with Crippen molar-refractivity contribution in [3.8, 4) is 11.6 Å². The van der Waals surface area contributed by atoms with Crippen LogP contribution in [0.3, 0.4) is 0 Å². The van der Waals surface area contributed by atoms with Gasteiger partial charge in [0.1, 0.15) is 24.4 Å². The lowest BCUT2D eigenvalue weighted by atomic mass is 9.78. The highest BCUT2D eigenvalue weighted by molar-refractivity contribution is 5.40. The fraction of sp³-hybridized carbons (Fsp3) is 0.217. The molecule has 0 radical (unpaired) electrons. The van der Waals surface area contributed by atoms with Crippen LogP contribution in [0.5, 0.6) is 5.75 Å². The second-order valence-electron chi connectivity index (χ2n) is 7.58. The normalized spacial score (nSPS) is 11.5. The molecule has 0 bridgehead atoms. The van der Waals surface area contributed by atoms with E-state index in [1.807, 2.05) is 24.3 Å². The third-order valence-electron chi connectivity index (χ3n) is 5.18. The van der Waals surface area contributed by atoms with Crippen molar-refractivity contribution in [3.63, 3.8) is 0 Å². The van der Waals surface area contributed by atoms with Crippen LogP contribution >= 0.6 is 0 Å². The molecule has 4 aromatic rings. The van der Waals surface area contributed by atoms with Gasteiger partial charge in [-0.2, -0.15) is 10.2 Å². The second kappa shape index (κ2) is 8.02. The maximum atomic E-state index is 14.7. The van der Waals surface area contributed by atoms with Crippen LogP contribution in [0.1, 0.15) is 36.2 Å². The van der Waals surface area contributed by atoms with Crippen LogP contribution in [0, 0.1) is 12.7 Å². The zero-order chi connectivity index (χ0) is 21.1. The molecule has 0 unspecified atom stereocenters. The molecule has 2 heterocycles. The molecule has 6 nitrogen and oxygen atoms in total. The van der Waals surface area contributed by atoms with Gasteiger partial charge >= 0.3 is 0 Å². The summed E-state index contributed by atoms with van der Waals surface area (Å²) >= 11 is 0. The Morgan fingerprint density at radius 3 is 2.13 bits per heavy atom. The molecule has 0 saturated heterocycles. The SMILES string of the molecule is Cc1ccc(C(C)(C)c2ccc(OCc3ncnc(-n4nccn4)c3F)cc2)cc1. The minimum Gasteiger partial charge on any atom is -0.487 e. The smallest absolute Gasteiger partial charge is 0.213 e. The summed E-state index contributed by atoms with van der Waals surface area (Å²) < 4.78 is 20.4. The highest BCUT2D eigenvalue weighted by Crippen LogP contribution is 2.32. The van der Waals surface area contributed by atoms with Gasteiger partial charge in [0.05, 0.1) is 12.4 Å². The molecule has 0 amide bonds. The third-order valence-corrected chi connectivity index (χ3v) is 5.18. The van der Waals surface area contributed by atoms with Crippen LogP contribution in [0.15, 0.2) is 67.3 Å². The summed E-state index contributed by atoms with van der Waals surface area (Å²) in [5.74, 6) is 0.0184. The van der Waals surface area contributed by atoms with Crippen molar-refractivity contribution in [2.75, 3.05) is 0 Å². The van der Waals surface area contributed by atoms with Gasteiger partial charge in [-0.15, -0.1) is 4.80 Å². The standard InChI is InChI=1S/C23H22FN5O/c1-16-4-6-17(7-5-16)23(2,3)18-8-10-19(11-9-18)30-14-20-21(24)22(26-15-25-20)29-27-12-13-28-29/h4-13,15H,14H2,1-3H3. The maximum absolute atomic E-state index is 14.7. The lowest BCUT2D eigenvalue weighted by Crippen LogP contribution is -2.18. The van der Waals surface area contributed by atoms with E-state index in [2.05, 4.69) is 65.2 Å². The topological polar surface area (TPSA) is 65.7 Å². The third kappa shape index (κ3) is 3.91. The number of rotatable bonds is 6. The van der Waals surface area contributed by atoms with E-state index in [0.717, 1.165) is 4.80 Å². The zero-order valence-corrected chi connectivity index (χ0v) is 17.1. The van der Waals surface area contributed by atoms with E-state index in [1.54, 1.807) is 0 Å². The molecular formula is C23H22FN5O. The first-order chi connectivity index (χ1) is 14.4. The van der Waals surface area contributed by atoms with E-state index < -0.39 is 5.82 Å². The number of ether oxygens (including phenoxy) is 1. The van der Waals surface area contributed by atoms with Crippen LogP contribution in [0.4, 0.5) is 4.39 Å². The average Bonchev–Trinajstić information content (AvgIpc) is 3.28. The Kier molecular flexibility index (Phi) is 5.27. The van der Waals surface area contributed by atoms with E-state index in [9.17, 15) is 4.39 Å². The van der Waals surface area contributed by atoms with Crippen LogP contribution in [0.25, 0.3) is 5.82 Å². The first-order valence-electron chi connectivity index (χ1n) is 9.62. The molecule has 2 aromatic carbocycles. The second-order valence-corrected chi connectivity index (χ2v) is 7.58. The molecule has 30 heavy (non-hydrogen) atoms. The van der Waals surface area contributed by atoms with E-state index >= 15 is 0 Å². The molecule has 7 heteroatoms. The van der Waals surface area contributed by atoms with Crippen molar-refractivity contribution < 1.29 is 9.13 Å². The summed E-state index contributed by atoms with van der Waals surface area (Å²) in [6.07, 6.45) is 4.18. The van der Waals surface area contributed by atoms with Crippen molar-refractivity contribution in [2.24, 2.45) is 0 Å². The number of aromatic nitrogens is 5. The van der Waals surface area contributed by atoms with Gasteiger partial charge in [-0.25, -0.2) is 14.4 Å². The van der Waals surface area contributed by atoms with Gasteiger partial charge in [0.15, 0.2) is 5.82 Å². The molecule has 0 N–H and O–H groups in total. The lowest BCUT2D eigenvalue weighted by molar-refractivity contribution is 0.293. The number of aryl methyl sites for hydroxylation is 1. The summed E-state index contributed by atoms with van der Waals surface area (Å²) in [5, 5.41) is 7.81. The van der Waals surface area contributed by atoms with Crippen LogP contribution in [-0.2, 0) is 12.0 Å². The van der Waals surface area contributed by atoms with E-state index in [4.69, 9.17) is 4.74 Å². The molecule has 0 spiro atoms. The minimum absolute atomic E-state index is 0.0104. The zero-order valence-electron chi connectivity index (χ0n) is 17.1. The van der Waals surface area contributed by atoms with Crippen molar-refractivity contribution in [1.29, 1.82) is 0 Å². The number of nitrogens with zero attached hydrogens (tertiary/aromatic N) is 5. The average molecular weight is 403 g/mol. The number of hydrogen-bond donors (Lipinski definition) is 0. The van der Waals surface area contributed by atoms with E-state index in [1.165, 1.54) is 35.4 Å². The predicted molar refractivity (Wildman–Crippen MR) is 111 cm³/mol. The first kappa shape index (κ1) is 19.7. The summed E-state index contributed by atoms with van der Waals surface area (Å²) in [7, 11) is 0. The Morgan fingerprint density at radius 2 is 1.50 bits per heavy atom. The van der Waals surface area contributed by atoms with Gasteiger partial charge in [-0.1, -0.05) is 55.8 Å². The molecule has 0 atom stereocenters. The Morgan fingerprint density at radius 1 is 0.900 bits per heavy atom. The Hall–Kier alpha value is -3.61. The summed E-state index contributed by atoms with van der Waals surface area (Å²) in [6, 6.07) is 16.4. The summed E-state index contributed by atoms with van der Waals surface area (Å²) in [6.45, 7) is 6.44. The molecule has 0 aliphatic carbocycles. The fourth-order valence-corrected chi connectivity index (χ4v) is 3.22. The minimum atomic E-state index is -0.606. The van der Waals surface area contributed by atoms with Crippen molar-refractivity contribution in [1.82, 2.24) is 25.0 Å². The van der Waals surface area contributed by atoms with Crippen molar-refractivity contribution >= 4 is 0 Å². The van der Waals surface area contributed by atoms with E-state index in [-0.39, 0.29) is 23.5 Å². The summed E-state index contributed by atoms with van der Waals surface area (Å²) in [4.78, 5) is 9.01. The first-order valence-corrected chi connectivity index (χ1v) is 9.62. The molecule has 0 aliphatic rings. The lowest BCUT2D eigenvalue weighted by Gasteiger charge is -2.26. The van der Waals surface area contributed by atoms with Gasteiger partial charge in [0.25, 0.3) is 0 Å². The predicted octanol–water partition coefficient (Wildman–Crippen LogP) is 4.41.